The van der Waals surface area contributed by atoms with Crippen LogP contribution in [0.25, 0.3) is 5.69 Å². The summed E-state index contributed by atoms with van der Waals surface area (Å²) in [5.74, 6) is 0.767. The van der Waals surface area contributed by atoms with Crippen LogP contribution >= 0.6 is 0 Å². The molecule has 0 bridgehead atoms. The molecule has 0 radical (unpaired) electrons. The van der Waals surface area contributed by atoms with Crippen LogP contribution in [0.2, 0.25) is 0 Å². The van der Waals surface area contributed by atoms with E-state index in [2.05, 4.69) is 5.10 Å². The number of amides is 1. The van der Waals surface area contributed by atoms with E-state index in [1.54, 1.807) is 16.6 Å². The summed E-state index contributed by atoms with van der Waals surface area (Å²) in [7, 11) is 1.75. The van der Waals surface area contributed by atoms with E-state index < -0.39 is 0 Å². The SMILES string of the molecule is CC(=O)N(C)c1cc(C)nn1-c1ccccc1. The zero-order valence-electron chi connectivity index (χ0n) is 10.2. The summed E-state index contributed by atoms with van der Waals surface area (Å²) in [6.45, 7) is 3.45. The van der Waals surface area contributed by atoms with Crippen LogP contribution in [-0.4, -0.2) is 22.7 Å². The number of hydrogen-bond acceptors (Lipinski definition) is 2. The van der Waals surface area contributed by atoms with Crippen LogP contribution in [0.15, 0.2) is 36.4 Å². The van der Waals surface area contributed by atoms with Crippen molar-refractivity contribution in [3.05, 3.63) is 42.1 Å². The van der Waals surface area contributed by atoms with Gasteiger partial charge in [0.1, 0.15) is 5.82 Å². The third kappa shape index (κ3) is 2.20. The highest BCUT2D eigenvalue weighted by Gasteiger charge is 2.14. The molecule has 1 aromatic carbocycles. The van der Waals surface area contributed by atoms with Crippen molar-refractivity contribution in [2.75, 3.05) is 11.9 Å². The van der Waals surface area contributed by atoms with Crippen molar-refractivity contribution in [2.45, 2.75) is 13.8 Å². The van der Waals surface area contributed by atoms with Gasteiger partial charge in [0.25, 0.3) is 0 Å². The van der Waals surface area contributed by atoms with Crippen LogP contribution in [0.4, 0.5) is 5.82 Å². The van der Waals surface area contributed by atoms with Gasteiger partial charge in [0.05, 0.1) is 11.4 Å². The highest BCUT2D eigenvalue weighted by molar-refractivity contribution is 5.90. The van der Waals surface area contributed by atoms with Gasteiger partial charge in [-0.15, -0.1) is 0 Å². The number of aryl methyl sites for hydroxylation is 1. The molecular formula is C13H15N3O. The fourth-order valence-electron chi connectivity index (χ4n) is 1.65. The summed E-state index contributed by atoms with van der Waals surface area (Å²) in [6, 6.07) is 11.7. The summed E-state index contributed by atoms with van der Waals surface area (Å²) < 4.78 is 1.77. The lowest BCUT2D eigenvalue weighted by Gasteiger charge is -2.16. The second-order valence-electron chi connectivity index (χ2n) is 3.97. The maximum Gasteiger partial charge on any atom is 0.224 e. The van der Waals surface area contributed by atoms with Gasteiger partial charge in [0.15, 0.2) is 0 Å². The van der Waals surface area contributed by atoms with Gasteiger partial charge < -0.3 is 4.90 Å². The average Bonchev–Trinajstić information content (AvgIpc) is 2.71. The zero-order chi connectivity index (χ0) is 12.4. The molecule has 0 atom stereocenters. The Balaban J connectivity index is 2.52. The lowest BCUT2D eigenvalue weighted by Crippen LogP contribution is -2.25. The number of carbonyl (C=O) groups is 1. The minimum absolute atomic E-state index is 0.0120. The highest BCUT2D eigenvalue weighted by Crippen LogP contribution is 2.19. The maximum atomic E-state index is 11.4. The number of rotatable bonds is 2. The molecule has 0 unspecified atom stereocenters. The Labute approximate surface area is 100 Å². The Hall–Kier alpha value is -2.10. The van der Waals surface area contributed by atoms with Crippen LogP contribution in [0.1, 0.15) is 12.6 Å². The van der Waals surface area contributed by atoms with Gasteiger partial charge in [-0.05, 0) is 19.1 Å². The molecule has 0 aliphatic rings. The minimum Gasteiger partial charge on any atom is -0.300 e. The molecule has 17 heavy (non-hydrogen) atoms. The monoisotopic (exact) mass is 229 g/mol. The van der Waals surface area contributed by atoms with Crippen molar-refractivity contribution in [3.8, 4) is 5.69 Å². The molecule has 0 saturated heterocycles. The Morgan fingerprint density at radius 2 is 1.94 bits per heavy atom. The van der Waals surface area contributed by atoms with Crippen LogP contribution in [0.3, 0.4) is 0 Å². The van der Waals surface area contributed by atoms with Crippen molar-refractivity contribution >= 4 is 11.7 Å². The summed E-state index contributed by atoms with van der Waals surface area (Å²) >= 11 is 0. The van der Waals surface area contributed by atoms with Crippen molar-refractivity contribution < 1.29 is 4.79 Å². The Morgan fingerprint density at radius 1 is 1.29 bits per heavy atom. The summed E-state index contributed by atoms with van der Waals surface area (Å²) in [6.07, 6.45) is 0. The molecule has 0 spiro atoms. The highest BCUT2D eigenvalue weighted by atomic mass is 16.2. The Kier molecular flexibility index (Phi) is 2.95. The first kappa shape index (κ1) is 11.4. The minimum atomic E-state index is -0.0120. The number of hydrogen-bond donors (Lipinski definition) is 0. The number of carbonyl (C=O) groups excluding carboxylic acids is 1. The largest absolute Gasteiger partial charge is 0.300 e. The molecule has 2 aromatic rings. The first-order valence-electron chi connectivity index (χ1n) is 5.46. The summed E-state index contributed by atoms with van der Waals surface area (Å²) in [5, 5.41) is 4.41. The van der Waals surface area contributed by atoms with E-state index in [9.17, 15) is 4.79 Å². The molecule has 0 aliphatic carbocycles. The third-order valence-electron chi connectivity index (χ3n) is 2.63. The van der Waals surface area contributed by atoms with Gasteiger partial charge in [0.2, 0.25) is 5.91 Å². The number of aromatic nitrogens is 2. The molecule has 1 aromatic heterocycles. The second-order valence-corrected chi connectivity index (χ2v) is 3.97. The molecule has 1 amide bonds. The standard InChI is InChI=1S/C13H15N3O/c1-10-9-13(15(3)11(2)17)16(14-10)12-7-5-4-6-8-12/h4-9H,1-3H3. The van der Waals surface area contributed by atoms with Gasteiger partial charge in [-0.3, -0.25) is 4.79 Å². The van der Waals surface area contributed by atoms with Gasteiger partial charge >= 0.3 is 0 Å². The maximum absolute atomic E-state index is 11.4. The lowest BCUT2D eigenvalue weighted by molar-refractivity contribution is -0.116. The van der Waals surface area contributed by atoms with Crippen molar-refractivity contribution in [1.82, 2.24) is 9.78 Å². The second kappa shape index (κ2) is 4.41. The van der Waals surface area contributed by atoms with Gasteiger partial charge in [0, 0.05) is 20.0 Å². The van der Waals surface area contributed by atoms with Crippen LogP contribution < -0.4 is 4.90 Å². The predicted octanol–water partition coefficient (Wildman–Crippen LogP) is 2.16. The number of benzene rings is 1. The quantitative estimate of drug-likeness (QED) is 0.791. The zero-order valence-corrected chi connectivity index (χ0v) is 10.2. The fraction of sp³-hybridized carbons (Fsp3) is 0.231. The number of anilines is 1. The van der Waals surface area contributed by atoms with Gasteiger partial charge in [-0.1, -0.05) is 18.2 Å². The smallest absolute Gasteiger partial charge is 0.224 e. The first-order chi connectivity index (χ1) is 8.09. The van der Waals surface area contributed by atoms with E-state index >= 15 is 0 Å². The molecular weight excluding hydrogens is 214 g/mol. The molecule has 88 valence electrons. The fourth-order valence-corrected chi connectivity index (χ4v) is 1.65. The normalized spacial score (nSPS) is 10.3. The van der Waals surface area contributed by atoms with Crippen molar-refractivity contribution in [2.24, 2.45) is 0 Å². The van der Waals surface area contributed by atoms with Crippen molar-refractivity contribution in [1.29, 1.82) is 0 Å². The summed E-state index contributed by atoms with van der Waals surface area (Å²) in [4.78, 5) is 13.0. The molecule has 2 rings (SSSR count). The summed E-state index contributed by atoms with van der Waals surface area (Å²) in [5.41, 5.74) is 1.83. The molecule has 0 aliphatic heterocycles. The first-order valence-corrected chi connectivity index (χ1v) is 5.46. The third-order valence-corrected chi connectivity index (χ3v) is 2.63. The molecule has 0 fully saturated rings. The van der Waals surface area contributed by atoms with Crippen molar-refractivity contribution in [3.63, 3.8) is 0 Å². The number of para-hydroxylation sites is 1. The molecule has 4 heteroatoms. The molecule has 0 N–H and O–H groups in total. The lowest BCUT2D eigenvalue weighted by atomic mass is 10.3. The average molecular weight is 229 g/mol. The van der Waals surface area contributed by atoms with Crippen LogP contribution in [0, 0.1) is 6.92 Å². The van der Waals surface area contributed by atoms with Gasteiger partial charge in [-0.2, -0.15) is 5.10 Å². The number of nitrogens with zero attached hydrogens (tertiary/aromatic N) is 3. The van der Waals surface area contributed by atoms with E-state index in [4.69, 9.17) is 0 Å². The van der Waals surface area contributed by atoms with E-state index in [1.165, 1.54) is 6.92 Å². The molecule has 0 saturated carbocycles. The predicted molar refractivity (Wildman–Crippen MR) is 67.4 cm³/mol. The molecule has 4 nitrogen and oxygen atoms in total. The molecule has 1 heterocycles. The van der Waals surface area contributed by atoms with E-state index in [-0.39, 0.29) is 5.91 Å². The van der Waals surface area contributed by atoms with E-state index in [0.717, 1.165) is 17.2 Å². The van der Waals surface area contributed by atoms with Crippen LogP contribution in [0.5, 0.6) is 0 Å². The van der Waals surface area contributed by atoms with Crippen LogP contribution in [-0.2, 0) is 4.79 Å². The Morgan fingerprint density at radius 3 is 2.53 bits per heavy atom. The topological polar surface area (TPSA) is 38.1 Å². The van der Waals surface area contributed by atoms with E-state index in [0.29, 0.717) is 0 Å². The van der Waals surface area contributed by atoms with Gasteiger partial charge in [-0.25, -0.2) is 4.68 Å². The van der Waals surface area contributed by atoms with E-state index in [1.807, 2.05) is 43.3 Å². The Bertz CT molecular complexity index is 531.